The van der Waals surface area contributed by atoms with Crippen LogP contribution < -0.4 is 0 Å². The van der Waals surface area contributed by atoms with E-state index in [4.69, 9.17) is 18.9 Å². The van der Waals surface area contributed by atoms with Gasteiger partial charge < -0.3 is 39.4 Å². The second kappa shape index (κ2) is 50.7. The summed E-state index contributed by atoms with van der Waals surface area (Å²) in [6.45, 7) is 3.48. The molecule has 6 atom stereocenters. The van der Waals surface area contributed by atoms with Crippen LogP contribution >= 0.6 is 0 Å². The van der Waals surface area contributed by atoms with Crippen LogP contribution in [-0.2, 0) is 28.5 Å². The summed E-state index contributed by atoms with van der Waals surface area (Å²) in [7, 11) is 0. The van der Waals surface area contributed by atoms with Crippen LogP contribution in [0.5, 0.6) is 0 Å². The first kappa shape index (κ1) is 66.2. The Morgan fingerprint density at radius 2 is 0.800 bits per heavy atom. The second-order valence-corrected chi connectivity index (χ2v) is 20.8. The highest BCUT2D eigenvalue weighted by Gasteiger charge is 2.44. The minimum atomic E-state index is -1.59. The van der Waals surface area contributed by atoms with Gasteiger partial charge in [0, 0.05) is 12.8 Å². The minimum Gasteiger partial charge on any atom is -0.462 e. The van der Waals surface area contributed by atoms with Gasteiger partial charge in [-0.15, -0.1) is 0 Å². The van der Waals surface area contributed by atoms with Gasteiger partial charge in [0.25, 0.3) is 0 Å². The van der Waals surface area contributed by atoms with E-state index in [2.05, 4.69) is 38.2 Å². The number of esters is 2. The van der Waals surface area contributed by atoms with Crippen molar-refractivity contribution in [1.82, 2.24) is 0 Å². The molecule has 1 fully saturated rings. The van der Waals surface area contributed by atoms with Gasteiger partial charge in [-0.3, -0.25) is 9.59 Å². The molecule has 0 aromatic heterocycles. The third kappa shape index (κ3) is 40.6. The third-order valence-electron chi connectivity index (χ3n) is 14.1. The Hall–Kier alpha value is -1.82. The van der Waals surface area contributed by atoms with Crippen molar-refractivity contribution in [2.45, 2.75) is 327 Å². The smallest absolute Gasteiger partial charge is 0.306 e. The molecule has 0 aromatic rings. The van der Waals surface area contributed by atoms with E-state index in [-0.39, 0.29) is 32.0 Å². The lowest BCUT2D eigenvalue weighted by Crippen LogP contribution is -2.59. The molecule has 6 unspecified atom stereocenters. The van der Waals surface area contributed by atoms with Gasteiger partial charge in [0.1, 0.15) is 31.0 Å². The number of hydrogen-bond acceptors (Lipinski definition) is 10. The van der Waals surface area contributed by atoms with Crippen LogP contribution in [0.1, 0.15) is 290 Å². The van der Waals surface area contributed by atoms with Crippen molar-refractivity contribution in [3.8, 4) is 0 Å². The normalized spacial score (nSPS) is 18.9. The molecule has 10 heteroatoms. The molecule has 0 aromatic carbocycles. The molecule has 10 nitrogen and oxygen atoms in total. The van der Waals surface area contributed by atoms with Gasteiger partial charge in [0.05, 0.1) is 13.2 Å². The molecule has 1 aliphatic heterocycles. The van der Waals surface area contributed by atoms with Gasteiger partial charge in [0.2, 0.25) is 0 Å². The average Bonchev–Trinajstić information content (AvgIpc) is 3.36. The molecule has 412 valence electrons. The van der Waals surface area contributed by atoms with Crippen molar-refractivity contribution < 1.29 is 49.0 Å². The number of carbonyl (C=O) groups excluding carboxylic acids is 2. The lowest BCUT2D eigenvalue weighted by Gasteiger charge is -2.39. The van der Waals surface area contributed by atoms with Crippen LogP contribution in [-0.4, -0.2) is 89.0 Å². The summed E-state index contributed by atoms with van der Waals surface area (Å²) in [4.78, 5) is 25.6. The molecule has 0 saturated carbocycles. The van der Waals surface area contributed by atoms with Crippen molar-refractivity contribution in [3.63, 3.8) is 0 Å². The van der Waals surface area contributed by atoms with E-state index in [1.165, 1.54) is 212 Å². The monoisotopic (exact) mass is 993 g/mol. The number of unbranched alkanes of at least 4 members (excludes halogenated alkanes) is 37. The lowest BCUT2D eigenvalue weighted by molar-refractivity contribution is -0.305. The van der Waals surface area contributed by atoms with Crippen LogP contribution in [0, 0.1) is 0 Å². The molecular formula is C60H112O10. The number of aliphatic hydroxyl groups is 4. The number of rotatable bonds is 52. The summed E-state index contributed by atoms with van der Waals surface area (Å²) in [5, 5.41) is 40.3. The fourth-order valence-corrected chi connectivity index (χ4v) is 9.40. The first-order chi connectivity index (χ1) is 34.3. The standard InChI is InChI=1S/C60H112O10/c1-3-5-7-9-11-13-15-17-19-21-23-25-27-29-31-33-35-37-39-41-43-45-47-49-56(63)69-53(52-68-60-59(66)58(65)57(64)54(50-61)70-60)51-67-55(62)48-46-44-42-40-38-36-34-32-30-28-26-24-22-20-18-16-14-12-10-8-6-4-2/h15,17,21,23,53-54,57-61,64-66H,3-14,16,18-20,22,24-52H2,1-2H3/b17-15-,23-21-. The first-order valence-corrected chi connectivity index (χ1v) is 29.9. The van der Waals surface area contributed by atoms with Gasteiger partial charge >= 0.3 is 11.9 Å². The van der Waals surface area contributed by atoms with Crippen LogP contribution in [0.25, 0.3) is 0 Å². The zero-order valence-corrected chi connectivity index (χ0v) is 45.5. The zero-order chi connectivity index (χ0) is 50.8. The summed E-state index contributed by atoms with van der Waals surface area (Å²) in [6, 6.07) is 0. The molecule has 0 radical (unpaired) electrons. The number of hydrogen-bond donors (Lipinski definition) is 4. The Labute approximate surface area is 430 Å². The molecule has 1 saturated heterocycles. The molecule has 0 aliphatic carbocycles. The fraction of sp³-hybridized carbons (Fsp3) is 0.900. The van der Waals surface area contributed by atoms with Crippen LogP contribution in [0.2, 0.25) is 0 Å². The summed E-state index contributed by atoms with van der Waals surface area (Å²) >= 11 is 0. The van der Waals surface area contributed by atoms with Gasteiger partial charge in [-0.2, -0.15) is 0 Å². The molecule has 0 bridgehead atoms. The van der Waals surface area contributed by atoms with E-state index in [9.17, 15) is 30.0 Å². The van der Waals surface area contributed by atoms with E-state index in [0.29, 0.717) is 6.42 Å². The SMILES string of the molecule is CCCCCCC/C=C\C/C=C\CCCCCCCCCCCCCC(=O)OC(COC(=O)CCCCCCCCCCCCCCCCCCCCCCCC)COC1OC(CO)C(O)C(O)C1O. The highest BCUT2D eigenvalue weighted by molar-refractivity contribution is 5.70. The molecule has 0 amide bonds. The summed E-state index contributed by atoms with van der Waals surface area (Å²) < 4.78 is 22.3. The molecule has 1 heterocycles. The van der Waals surface area contributed by atoms with Crippen molar-refractivity contribution in [2.24, 2.45) is 0 Å². The Balaban J connectivity index is 2.18. The third-order valence-corrected chi connectivity index (χ3v) is 14.1. The number of allylic oxidation sites excluding steroid dienone is 4. The van der Waals surface area contributed by atoms with E-state index in [1.54, 1.807) is 0 Å². The maximum Gasteiger partial charge on any atom is 0.306 e. The van der Waals surface area contributed by atoms with Crippen molar-refractivity contribution in [3.05, 3.63) is 24.3 Å². The zero-order valence-electron chi connectivity index (χ0n) is 45.5. The lowest BCUT2D eigenvalue weighted by atomic mass is 9.99. The van der Waals surface area contributed by atoms with Gasteiger partial charge in [-0.05, 0) is 44.9 Å². The van der Waals surface area contributed by atoms with Crippen molar-refractivity contribution in [1.29, 1.82) is 0 Å². The van der Waals surface area contributed by atoms with Crippen molar-refractivity contribution in [2.75, 3.05) is 19.8 Å². The summed E-state index contributed by atoms with van der Waals surface area (Å²) in [6.07, 6.45) is 53.4. The Morgan fingerprint density at radius 3 is 1.19 bits per heavy atom. The molecule has 70 heavy (non-hydrogen) atoms. The Kier molecular flexibility index (Phi) is 47.9. The molecule has 1 rings (SSSR count). The maximum absolute atomic E-state index is 12.9. The van der Waals surface area contributed by atoms with Crippen LogP contribution in [0.3, 0.4) is 0 Å². The maximum atomic E-state index is 12.9. The molecule has 1 aliphatic rings. The summed E-state index contributed by atoms with van der Waals surface area (Å²) in [5.41, 5.74) is 0. The average molecular weight is 994 g/mol. The Bertz CT molecular complexity index is 1190. The fourth-order valence-electron chi connectivity index (χ4n) is 9.40. The van der Waals surface area contributed by atoms with E-state index < -0.39 is 49.4 Å². The van der Waals surface area contributed by atoms with Crippen molar-refractivity contribution >= 4 is 11.9 Å². The van der Waals surface area contributed by atoms with Gasteiger partial charge in [0.15, 0.2) is 12.4 Å². The molecular weight excluding hydrogens is 881 g/mol. The highest BCUT2D eigenvalue weighted by atomic mass is 16.7. The van der Waals surface area contributed by atoms with E-state index in [1.807, 2.05) is 0 Å². The molecule has 4 N–H and O–H groups in total. The number of aliphatic hydroxyl groups excluding tert-OH is 4. The van der Waals surface area contributed by atoms with Gasteiger partial charge in [-0.1, -0.05) is 256 Å². The van der Waals surface area contributed by atoms with Crippen LogP contribution in [0.15, 0.2) is 24.3 Å². The largest absolute Gasteiger partial charge is 0.462 e. The highest BCUT2D eigenvalue weighted by Crippen LogP contribution is 2.23. The Morgan fingerprint density at radius 1 is 0.443 bits per heavy atom. The summed E-state index contributed by atoms with van der Waals surface area (Å²) in [5.74, 6) is -0.791. The van der Waals surface area contributed by atoms with Crippen LogP contribution in [0.4, 0.5) is 0 Å². The van der Waals surface area contributed by atoms with E-state index in [0.717, 1.165) is 44.9 Å². The van der Waals surface area contributed by atoms with E-state index >= 15 is 0 Å². The van der Waals surface area contributed by atoms with Gasteiger partial charge in [-0.25, -0.2) is 0 Å². The number of ether oxygens (including phenoxy) is 4. The molecule has 0 spiro atoms. The second-order valence-electron chi connectivity index (χ2n) is 20.8. The predicted octanol–water partition coefficient (Wildman–Crippen LogP) is 15.2. The topological polar surface area (TPSA) is 152 Å². The minimum absolute atomic E-state index is 0.213. The first-order valence-electron chi connectivity index (χ1n) is 29.9. The number of carbonyl (C=O) groups is 2. The predicted molar refractivity (Wildman–Crippen MR) is 289 cm³/mol. The quantitative estimate of drug-likeness (QED) is 0.0263.